The lowest BCUT2D eigenvalue weighted by atomic mass is 9.78. The SMILES string of the molecule is CCc1cc2c(s1)CCOC21CCN(CC2CC(NSc3ccc4[nH]c(=O)[nH]c4c3)C2)CC1. The number of ether oxygens (including phenoxy) is 1. The van der Waals surface area contributed by atoms with Gasteiger partial charge in [0, 0.05) is 46.7 Å². The molecular weight excluding hydrogens is 452 g/mol. The number of hydrogen-bond acceptors (Lipinski definition) is 6. The van der Waals surface area contributed by atoms with Crippen LogP contribution in [0, 0.1) is 5.92 Å². The van der Waals surface area contributed by atoms with Crippen molar-refractivity contribution in [1.29, 1.82) is 0 Å². The Kier molecular flexibility index (Phi) is 5.91. The molecule has 0 atom stereocenters. The number of thiophene rings is 1. The average molecular weight is 485 g/mol. The zero-order valence-electron chi connectivity index (χ0n) is 19.1. The number of likely N-dealkylation sites (tertiary alicyclic amines) is 1. The second-order valence-electron chi connectivity index (χ2n) is 9.84. The molecule has 0 amide bonds. The summed E-state index contributed by atoms with van der Waals surface area (Å²) in [4.78, 5) is 24.0. The fraction of sp³-hybridized carbons (Fsp3) is 0.560. The van der Waals surface area contributed by atoms with E-state index >= 15 is 0 Å². The maximum Gasteiger partial charge on any atom is 0.323 e. The van der Waals surface area contributed by atoms with Crippen LogP contribution in [0.1, 0.15) is 47.9 Å². The van der Waals surface area contributed by atoms with Gasteiger partial charge in [0.1, 0.15) is 0 Å². The maximum absolute atomic E-state index is 11.4. The number of H-pyrrole nitrogens is 2. The van der Waals surface area contributed by atoms with Gasteiger partial charge in [0.2, 0.25) is 0 Å². The Morgan fingerprint density at radius 2 is 2.03 bits per heavy atom. The van der Waals surface area contributed by atoms with E-state index in [9.17, 15) is 4.79 Å². The van der Waals surface area contributed by atoms with Crippen molar-refractivity contribution in [1.82, 2.24) is 19.6 Å². The highest BCUT2D eigenvalue weighted by Crippen LogP contribution is 2.45. The number of aromatic nitrogens is 2. The quantitative estimate of drug-likeness (QED) is 0.452. The van der Waals surface area contributed by atoms with E-state index in [1.165, 1.54) is 29.8 Å². The number of rotatable bonds is 6. The number of benzene rings is 1. The predicted molar refractivity (Wildman–Crippen MR) is 135 cm³/mol. The average Bonchev–Trinajstić information content (AvgIpc) is 3.39. The summed E-state index contributed by atoms with van der Waals surface area (Å²) < 4.78 is 10.1. The van der Waals surface area contributed by atoms with Gasteiger partial charge in [-0.2, -0.15) is 0 Å². The zero-order chi connectivity index (χ0) is 22.4. The van der Waals surface area contributed by atoms with E-state index in [0.29, 0.717) is 6.04 Å². The van der Waals surface area contributed by atoms with Crippen LogP contribution in [0.5, 0.6) is 0 Å². The van der Waals surface area contributed by atoms with E-state index in [1.54, 1.807) is 16.8 Å². The Bertz CT molecular complexity index is 1180. The number of fused-ring (bicyclic) bond motifs is 3. The van der Waals surface area contributed by atoms with Crippen molar-refractivity contribution in [2.75, 3.05) is 26.2 Å². The molecule has 6 rings (SSSR count). The molecule has 2 aromatic heterocycles. The van der Waals surface area contributed by atoms with Gasteiger partial charge >= 0.3 is 5.69 Å². The molecule has 6 nitrogen and oxygen atoms in total. The molecule has 4 heterocycles. The highest BCUT2D eigenvalue weighted by molar-refractivity contribution is 7.97. The van der Waals surface area contributed by atoms with E-state index in [2.05, 4.69) is 38.6 Å². The van der Waals surface area contributed by atoms with Crippen molar-refractivity contribution in [3.05, 3.63) is 50.1 Å². The van der Waals surface area contributed by atoms with Crippen LogP contribution in [0.15, 0.2) is 34.0 Å². The standard InChI is InChI=1S/C25H32N4O2S2/c1-2-18-13-20-23(32-18)5-10-31-25(20)6-8-29(9-7-25)15-16-11-17(12-16)28-33-19-3-4-21-22(14-19)27-24(30)26-21/h3-4,13-14,16-17,28H,2,5-12,15H2,1H3,(H2,26,27,30). The first kappa shape index (κ1) is 21.9. The van der Waals surface area contributed by atoms with Gasteiger partial charge in [-0.25, -0.2) is 4.79 Å². The molecule has 0 bridgehead atoms. The molecule has 3 aliphatic rings. The Labute approximate surface area is 202 Å². The van der Waals surface area contributed by atoms with Gasteiger partial charge in [0.05, 0.1) is 23.2 Å². The van der Waals surface area contributed by atoms with Gasteiger partial charge in [-0.1, -0.05) is 6.92 Å². The summed E-state index contributed by atoms with van der Waals surface area (Å²) in [5, 5.41) is 0. The molecule has 3 aromatic rings. The minimum Gasteiger partial charge on any atom is -0.370 e. The van der Waals surface area contributed by atoms with Gasteiger partial charge in [0.15, 0.2) is 0 Å². The zero-order valence-corrected chi connectivity index (χ0v) is 20.7. The number of hydrogen-bond donors (Lipinski definition) is 3. The number of nitrogens with one attached hydrogen (secondary N) is 3. The molecule has 176 valence electrons. The van der Waals surface area contributed by atoms with E-state index in [1.807, 2.05) is 23.5 Å². The lowest BCUT2D eigenvalue weighted by Gasteiger charge is -2.46. The van der Waals surface area contributed by atoms with Crippen LogP contribution in [-0.2, 0) is 23.2 Å². The van der Waals surface area contributed by atoms with Crippen molar-refractivity contribution in [3.8, 4) is 0 Å². The molecule has 3 N–H and O–H groups in total. The molecule has 1 saturated carbocycles. The molecule has 1 saturated heterocycles. The van der Waals surface area contributed by atoms with Gasteiger partial charge in [-0.05, 0) is 79.8 Å². The third-order valence-corrected chi connectivity index (χ3v) is 9.93. The van der Waals surface area contributed by atoms with Crippen LogP contribution in [0.3, 0.4) is 0 Å². The normalized spacial score (nSPS) is 24.8. The van der Waals surface area contributed by atoms with E-state index in [4.69, 9.17) is 4.74 Å². The number of nitrogens with zero attached hydrogens (tertiary/aromatic N) is 1. The molecule has 1 spiro atoms. The highest BCUT2D eigenvalue weighted by Gasteiger charge is 2.42. The molecular formula is C25H32N4O2S2. The predicted octanol–water partition coefficient (Wildman–Crippen LogP) is 4.42. The van der Waals surface area contributed by atoms with Crippen LogP contribution < -0.4 is 10.4 Å². The summed E-state index contributed by atoms with van der Waals surface area (Å²) in [5.41, 5.74) is 3.07. The summed E-state index contributed by atoms with van der Waals surface area (Å²) in [7, 11) is 0. The van der Waals surface area contributed by atoms with E-state index < -0.39 is 0 Å². The summed E-state index contributed by atoms with van der Waals surface area (Å²) >= 11 is 3.69. The first-order valence-electron chi connectivity index (χ1n) is 12.2. The molecule has 33 heavy (non-hydrogen) atoms. The third kappa shape index (κ3) is 4.32. The molecule has 1 aromatic carbocycles. The van der Waals surface area contributed by atoms with Crippen molar-refractivity contribution in [3.63, 3.8) is 0 Å². The summed E-state index contributed by atoms with van der Waals surface area (Å²) in [6.07, 6.45) is 6.97. The lowest BCUT2D eigenvalue weighted by Crippen LogP contribution is -2.49. The fourth-order valence-electron chi connectivity index (χ4n) is 5.73. The summed E-state index contributed by atoms with van der Waals surface area (Å²) in [6, 6.07) is 9.06. The van der Waals surface area contributed by atoms with E-state index in [0.717, 1.165) is 67.2 Å². The minimum atomic E-state index is -0.151. The van der Waals surface area contributed by atoms with Crippen LogP contribution in [-0.4, -0.2) is 47.2 Å². The van der Waals surface area contributed by atoms with E-state index in [-0.39, 0.29) is 11.3 Å². The first-order valence-corrected chi connectivity index (χ1v) is 13.9. The van der Waals surface area contributed by atoms with Crippen LogP contribution >= 0.6 is 23.3 Å². The fourth-order valence-corrected chi connectivity index (χ4v) is 7.72. The Hall–Kier alpha value is -1.58. The molecule has 1 aliphatic carbocycles. The minimum absolute atomic E-state index is 0.0147. The van der Waals surface area contributed by atoms with Crippen molar-refractivity contribution >= 4 is 34.3 Å². The number of piperidine rings is 1. The molecule has 2 fully saturated rings. The lowest BCUT2D eigenvalue weighted by molar-refractivity contribution is -0.0995. The van der Waals surface area contributed by atoms with Gasteiger partial charge in [0.25, 0.3) is 0 Å². The summed E-state index contributed by atoms with van der Waals surface area (Å²) in [5.74, 6) is 0.788. The number of aryl methyl sites for hydroxylation is 1. The van der Waals surface area contributed by atoms with Crippen molar-refractivity contribution in [2.24, 2.45) is 5.92 Å². The molecule has 0 radical (unpaired) electrons. The number of imidazole rings is 1. The van der Waals surface area contributed by atoms with Crippen LogP contribution in [0.2, 0.25) is 0 Å². The molecule has 8 heteroatoms. The topological polar surface area (TPSA) is 73.2 Å². The smallest absolute Gasteiger partial charge is 0.323 e. The van der Waals surface area contributed by atoms with Crippen molar-refractivity contribution in [2.45, 2.75) is 62.0 Å². The number of aromatic amines is 2. The van der Waals surface area contributed by atoms with Crippen molar-refractivity contribution < 1.29 is 4.74 Å². The first-order chi connectivity index (χ1) is 16.1. The summed E-state index contributed by atoms with van der Waals surface area (Å²) in [6.45, 7) is 6.66. The monoisotopic (exact) mass is 484 g/mol. The van der Waals surface area contributed by atoms with Crippen LogP contribution in [0.4, 0.5) is 0 Å². The molecule has 0 unspecified atom stereocenters. The highest BCUT2D eigenvalue weighted by atomic mass is 32.2. The Morgan fingerprint density at radius 1 is 1.21 bits per heavy atom. The maximum atomic E-state index is 11.4. The van der Waals surface area contributed by atoms with Gasteiger partial charge in [-0.15, -0.1) is 11.3 Å². The Morgan fingerprint density at radius 3 is 2.85 bits per heavy atom. The second kappa shape index (κ2) is 8.89. The van der Waals surface area contributed by atoms with Crippen LogP contribution in [0.25, 0.3) is 11.0 Å². The second-order valence-corrected chi connectivity index (χ2v) is 12.0. The molecule has 2 aliphatic heterocycles. The van der Waals surface area contributed by atoms with Gasteiger partial charge in [-0.3, -0.25) is 4.72 Å². The largest absolute Gasteiger partial charge is 0.370 e. The van der Waals surface area contributed by atoms with Gasteiger partial charge < -0.3 is 19.6 Å². The Balaban J connectivity index is 0.970. The third-order valence-electron chi connectivity index (χ3n) is 7.65.